The first-order valence-corrected chi connectivity index (χ1v) is 9.69. The molecule has 29 heavy (non-hydrogen) atoms. The molecule has 1 aliphatic heterocycles. The van der Waals surface area contributed by atoms with Crippen LogP contribution in [0.25, 0.3) is 22.2 Å². The fourth-order valence-electron chi connectivity index (χ4n) is 3.77. The number of aryl methyl sites for hydroxylation is 2. The molecule has 0 saturated carbocycles. The SMILES string of the molecule is O=C(Nc1ccccc1-c1cn2c(n1)CCCC2)c1cc2ccccc2oc1=O. The fourth-order valence-corrected chi connectivity index (χ4v) is 3.77. The van der Waals surface area contributed by atoms with E-state index in [9.17, 15) is 9.59 Å². The van der Waals surface area contributed by atoms with Gasteiger partial charge in [0, 0.05) is 30.1 Å². The first-order valence-electron chi connectivity index (χ1n) is 9.69. The summed E-state index contributed by atoms with van der Waals surface area (Å²) in [5.41, 5.74) is 2.04. The quantitative estimate of drug-likeness (QED) is 0.535. The van der Waals surface area contributed by atoms with Crippen LogP contribution in [0.4, 0.5) is 5.69 Å². The number of nitrogens with zero attached hydrogens (tertiary/aromatic N) is 2. The molecule has 3 heterocycles. The molecule has 0 aliphatic carbocycles. The third kappa shape index (κ3) is 3.23. The summed E-state index contributed by atoms with van der Waals surface area (Å²) in [6.45, 7) is 0.967. The average Bonchev–Trinajstić information content (AvgIpc) is 3.17. The number of hydrogen-bond acceptors (Lipinski definition) is 4. The van der Waals surface area contributed by atoms with E-state index in [1.54, 1.807) is 24.3 Å². The molecule has 1 aliphatic rings. The van der Waals surface area contributed by atoms with Crippen LogP contribution in [-0.2, 0) is 13.0 Å². The predicted octanol–water partition coefficient (Wildman–Crippen LogP) is 4.25. The lowest BCUT2D eigenvalue weighted by atomic mass is 10.1. The highest BCUT2D eigenvalue weighted by molar-refractivity contribution is 6.07. The number of amides is 1. The molecule has 2 aromatic heterocycles. The summed E-state index contributed by atoms with van der Waals surface area (Å²) < 4.78 is 7.47. The van der Waals surface area contributed by atoms with Gasteiger partial charge in [0.1, 0.15) is 17.0 Å². The van der Waals surface area contributed by atoms with Crippen LogP contribution >= 0.6 is 0 Å². The number of carbonyl (C=O) groups is 1. The van der Waals surface area contributed by atoms with Crippen LogP contribution in [0.1, 0.15) is 29.0 Å². The van der Waals surface area contributed by atoms with E-state index in [1.165, 1.54) is 0 Å². The number of aromatic nitrogens is 2. The van der Waals surface area contributed by atoms with Gasteiger partial charge in [-0.15, -0.1) is 0 Å². The Hall–Kier alpha value is -3.67. The lowest BCUT2D eigenvalue weighted by Crippen LogP contribution is -2.21. The molecule has 0 bridgehead atoms. The topological polar surface area (TPSA) is 77.1 Å². The van der Waals surface area contributed by atoms with Crippen LogP contribution in [0.5, 0.6) is 0 Å². The smallest absolute Gasteiger partial charge is 0.349 e. The van der Waals surface area contributed by atoms with Crippen molar-refractivity contribution in [3.8, 4) is 11.3 Å². The normalized spacial score (nSPS) is 13.2. The Kier molecular flexibility index (Phi) is 4.24. The molecular weight excluding hydrogens is 366 g/mol. The minimum Gasteiger partial charge on any atom is -0.422 e. The second kappa shape index (κ2) is 7.05. The number of fused-ring (bicyclic) bond motifs is 2. The highest BCUT2D eigenvalue weighted by Crippen LogP contribution is 2.29. The molecule has 5 rings (SSSR count). The monoisotopic (exact) mass is 385 g/mol. The van der Waals surface area contributed by atoms with Crippen molar-refractivity contribution in [1.29, 1.82) is 0 Å². The maximum atomic E-state index is 12.9. The molecule has 1 amide bonds. The second-order valence-corrected chi connectivity index (χ2v) is 7.18. The zero-order chi connectivity index (χ0) is 19.8. The van der Waals surface area contributed by atoms with Crippen molar-refractivity contribution in [3.63, 3.8) is 0 Å². The van der Waals surface area contributed by atoms with Crippen molar-refractivity contribution < 1.29 is 9.21 Å². The summed E-state index contributed by atoms with van der Waals surface area (Å²) in [5, 5.41) is 3.56. The lowest BCUT2D eigenvalue weighted by Gasteiger charge is -2.11. The van der Waals surface area contributed by atoms with Gasteiger partial charge in [0.15, 0.2) is 0 Å². The van der Waals surface area contributed by atoms with Crippen LogP contribution in [0, 0.1) is 0 Å². The van der Waals surface area contributed by atoms with E-state index < -0.39 is 11.5 Å². The highest BCUT2D eigenvalue weighted by atomic mass is 16.4. The first-order chi connectivity index (χ1) is 14.2. The molecule has 0 unspecified atom stereocenters. The van der Waals surface area contributed by atoms with Crippen molar-refractivity contribution in [3.05, 3.63) is 82.6 Å². The van der Waals surface area contributed by atoms with Crippen LogP contribution < -0.4 is 10.9 Å². The Balaban J connectivity index is 1.50. The molecule has 2 aromatic carbocycles. The van der Waals surface area contributed by atoms with Crippen molar-refractivity contribution >= 4 is 22.6 Å². The van der Waals surface area contributed by atoms with Crippen molar-refractivity contribution in [2.75, 3.05) is 5.32 Å². The largest absolute Gasteiger partial charge is 0.422 e. The van der Waals surface area contributed by atoms with Gasteiger partial charge in [-0.1, -0.05) is 36.4 Å². The Morgan fingerprint density at radius 3 is 2.79 bits per heavy atom. The van der Waals surface area contributed by atoms with Gasteiger partial charge >= 0.3 is 5.63 Å². The van der Waals surface area contributed by atoms with Crippen molar-refractivity contribution in [2.45, 2.75) is 25.8 Å². The molecule has 0 atom stereocenters. The van der Waals surface area contributed by atoms with Crippen LogP contribution in [-0.4, -0.2) is 15.5 Å². The first kappa shape index (κ1) is 17.4. The molecule has 0 radical (unpaired) electrons. The molecule has 4 aromatic rings. The summed E-state index contributed by atoms with van der Waals surface area (Å²) >= 11 is 0. The van der Waals surface area contributed by atoms with Gasteiger partial charge in [-0.05, 0) is 31.0 Å². The molecular formula is C23H19N3O3. The van der Waals surface area contributed by atoms with Gasteiger partial charge in [-0.25, -0.2) is 9.78 Å². The number of hydrogen-bond donors (Lipinski definition) is 1. The molecule has 0 saturated heterocycles. The predicted molar refractivity (Wildman–Crippen MR) is 111 cm³/mol. The second-order valence-electron chi connectivity index (χ2n) is 7.18. The van der Waals surface area contributed by atoms with Crippen LogP contribution in [0.3, 0.4) is 0 Å². The van der Waals surface area contributed by atoms with E-state index in [0.29, 0.717) is 16.7 Å². The summed E-state index contributed by atoms with van der Waals surface area (Å²) in [5.74, 6) is 0.573. The highest BCUT2D eigenvalue weighted by Gasteiger charge is 2.18. The van der Waals surface area contributed by atoms with Gasteiger partial charge in [0.05, 0.1) is 11.4 Å². The number of para-hydroxylation sites is 2. The van der Waals surface area contributed by atoms with Crippen LogP contribution in [0.15, 0.2) is 70.0 Å². The molecule has 6 heteroatoms. The Labute approximate surface area is 166 Å². The Morgan fingerprint density at radius 1 is 1.07 bits per heavy atom. The number of carbonyl (C=O) groups excluding carboxylic acids is 1. The van der Waals surface area contributed by atoms with Gasteiger partial charge in [0.2, 0.25) is 0 Å². The summed E-state index contributed by atoms with van der Waals surface area (Å²) in [4.78, 5) is 29.9. The third-order valence-electron chi connectivity index (χ3n) is 5.25. The lowest BCUT2D eigenvalue weighted by molar-refractivity contribution is 0.102. The maximum Gasteiger partial charge on any atom is 0.349 e. The maximum absolute atomic E-state index is 12.9. The van der Waals surface area contributed by atoms with E-state index in [0.717, 1.165) is 42.9 Å². The third-order valence-corrected chi connectivity index (χ3v) is 5.25. The zero-order valence-electron chi connectivity index (χ0n) is 15.7. The van der Waals surface area contributed by atoms with Crippen molar-refractivity contribution in [2.24, 2.45) is 0 Å². The van der Waals surface area contributed by atoms with E-state index in [1.807, 2.05) is 36.5 Å². The van der Waals surface area contributed by atoms with Gasteiger partial charge in [-0.2, -0.15) is 0 Å². The van der Waals surface area contributed by atoms with E-state index in [4.69, 9.17) is 9.40 Å². The number of nitrogens with one attached hydrogen (secondary N) is 1. The van der Waals surface area contributed by atoms with Gasteiger partial charge in [0.25, 0.3) is 5.91 Å². The summed E-state index contributed by atoms with van der Waals surface area (Å²) in [6, 6.07) is 16.2. The van der Waals surface area contributed by atoms with Crippen LogP contribution in [0.2, 0.25) is 0 Å². The zero-order valence-corrected chi connectivity index (χ0v) is 15.7. The molecule has 0 spiro atoms. The number of benzene rings is 2. The number of rotatable bonds is 3. The molecule has 0 fully saturated rings. The molecule has 1 N–H and O–H groups in total. The van der Waals surface area contributed by atoms with Crippen molar-refractivity contribution in [1.82, 2.24) is 9.55 Å². The average molecular weight is 385 g/mol. The van der Waals surface area contributed by atoms with E-state index >= 15 is 0 Å². The van der Waals surface area contributed by atoms with Gasteiger partial charge < -0.3 is 14.3 Å². The number of imidazole rings is 1. The summed E-state index contributed by atoms with van der Waals surface area (Å²) in [7, 11) is 0. The minimum atomic E-state index is -0.656. The number of anilines is 1. The fraction of sp³-hybridized carbons (Fsp3) is 0.174. The van der Waals surface area contributed by atoms with E-state index in [-0.39, 0.29) is 5.56 Å². The summed E-state index contributed by atoms with van der Waals surface area (Å²) in [6.07, 6.45) is 5.29. The molecule has 6 nitrogen and oxygen atoms in total. The Morgan fingerprint density at radius 2 is 1.90 bits per heavy atom. The Bertz CT molecular complexity index is 1260. The standard InChI is InChI=1S/C23H19N3O3/c27-22(17-13-15-7-1-4-10-20(15)29-23(17)28)25-18-9-3-2-8-16(18)19-14-26-12-6-5-11-21(26)24-19/h1-4,7-10,13-14H,5-6,11-12H2,(H,25,27). The van der Waals surface area contributed by atoms with E-state index in [2.05, 4.69) is 9.88 Å². The minimum absolute atomic E-state index is 0.0253. The molecule has 144 valence electrons. The van der Waals surface area contributed by atoms with Gasteiger partial charge in [-0.3, -0.25) is 4.79 Å².